The summed E-state index contributed by atoms with van der Waals surface area (Å²) >= 11 is 3.78. The van der Waals surface area contributed by atoms with Gasteiger partial charge in [0, 0.05) is 10.5 Å². The molecule has 1 atom stereocenters. The van der Waals surface area contributed by atoms with E-state index in [1.165, 1.54) is 67.0 Å². The monoisotopic (exact) mass is 353 g/mol. The van der Waals surface area contributed by atoms with Gasteiger partial charge in [-0.25, -0.2) is 0 Å². The lowest BCUT2D eigenvalue weighted by Crippen LogP contribution is -2.22. The third-order valence-corrected chi connectivity index (χ3v) is 5.17. The lowest BCUT2D eigenvalue weighted by molar-refractivity contribution is 0.465. The van der Waals surface area contributed by atoms with Gasteiger partial charge in [-0.05, 0) is 37.4 Å². The molecule has 0 saturated heterocycles. The smallest absolute Gasteiger partial charge is 0.0331 e. The molecule has 0 amide bonds. The SMILES string of the molecule is CCCCCCCCC(NCCC)c1cccc(C)c1Br. The van der Waals surface area contributed by atoms with Crippen molar-refractivity contribution >= 4 is 15.9 Å². The summed E-state index contributed by atoms with van der Waals surface area (Å²) in [4.78, 5) is 0. The van der Waals surface area contributed by atoms with Gasteiger partial charge in [-0.3, -0.25) is 0 Å². The van der Waals surface area contributed by atoms with Crippen LogP contribution in [0.1, 0.15) is 82.4 Å². The van der Waals surface area contributed by atoms with E-state index < -0.39 is 0 Å². The number of unbranched alkanes of at least 4 members (excludes halogenated alkanes) is 5. The number of halogens is 1. The molecule has 0 radical (unpaired) electrons. The van der Waals surface area contributed by atoms with Gasteiger partial charge < -0.3 is 5.32 Å². The van der Waals surface area contributed by atoms with Gasteiger partial charge in [0.25, 0.3) is 0 Å². The lowest BCUT2D eigenvalue weighted by atomic mass is 9.98. The molecule has 0 aliphatic heterocycles. The minimum Gasteiger partial charge on any atom is -0.310 e. The van der Waals surface area contributed by atoms with Crippen molar-refractivity contribution in [2.45, 2.75) is 78.2 Å². The number of aryl methyl sites for hydroxylation is 1. The third-order valence-electron chi connectivity index (χ3n) is 4.08. The summed E-state index contributed by atoms with van der Waals surface area (Å²) in [7, 11) is 0. The van der Waals surface area contributed by atoms with E-state index in [-0.39, 0.29) is 0 Å². The van der Waals surface area contributed by atoms with E-state index in [2.05, 4.69) is 60.2 Å². The van der Waals surface area contributed by atoms with Crippen molar-refractivity contribution in [3.63, 3.8) is 0 Å². The van der Waals surface area contributed by atoms with Crippen molar-refractivity contribution in [2.75, 3.05) is 6.54 Å². The van der Waals surface area contributed by atoms with E-state index in [0.29, 0.717) is 6.04 Å². The van der Waals surface area contributed by atoms with Crippen molar-refractivity contribution in [1.82, 2.24) is 5.32 Å². The van der Waals surface area contributed by atoms with Crippen LogP contribution in [0.3, 0.4) is 0 Å². The van der Waals surface area contributed by atoms with E-state index in [1.54, 1.807) is 0 Å². The van der Waals surface area contributed by atoms with Crippen LogP contribution in [-0.2, 0) is 0 Å². The Morgan fingerprint density at radius 2 is 1.71 bits per heavy atom. The molecule has 1 unspecified atom stereocenters. The van der Waals surface area contributed by atoms with E-state index >= 15 is 0 Å². The second-order valence-corrected chi connectivity index (χ2v) is 6.83. The molecule has 0 fully saturated rings. The Morgan fingerprint density at radius 3 is 2.43 bits per heavy atom. The fourth-order valence-corrected chi connectivity index (χ4v) is 3.29. The maximum atomic E-state index is 3.78. The van der Waals surface area contributed by atoms with Crippen LogP contribution in [0.4, 0.5) is 0 Å². The van der Waals surface area contributed by atoms with Gasteiger partial charge in [-0.15, -0.1) is 0 Å². The Balaban J connectivity index is 2.53. The lowest BCUT2D eigenvalue weighted by Gasteiger charge is -2.21. The molecule has 1 rings (SSSR count). The summed E-state index contributed by atoms with van der Waals surface area (Å²) in [6.07, 6.45) is 10.6. The molecule has 0 heterocycles. The van der Waals surface area contributed by atoms with E-state index in [0.717, 1.165) is 6.54 Å². The number of hydrogen-bond acceptors (Lipinski definition) is 1. The first-order valence-corrected chi connectivity index (χ1v) is 9.48. The Labute approximate surface area is 140 Å². The predicted molar refractivity (Wildman–Crippen MR) is 97.9 cm³/mol. The van der Waals surface area contributed by atoms with E-state index in [9.17, 15) is 0 Å². The van der Waals surface area contributed by atoms with Gasteiger partial charge >= 0.3 is 0 Å². The Kier molecular flexibility index (Phi) is 10.0. The third kappa shape index (κ3) is 6.97. The zero-order valence-electron chi connectivity index (χ0n) is 14.1. The fraction of sp³-hybridized carbons (Fsp3) is 0.684. The van der Waals surface area contributed by atoms with Crippen LogP contribution in [0.5, 0.6) is 0 Å². The van der Waals surface area contributed by atoms with Gasteiger partial charge in [-0.1, -0.05) is 86.5 Å². The van der Waals surface area contributed by atoms with Crippen LogP contribution in [-0.4, -0.2) is 6.54 Å². The number of rotatable bonds is 11. The molecule has 0 aliphatic rings. The molecule has 0 aromatic heterocycles. The van der Waals surface area contributed by atoms with Gasteiger partial charge in [0.2, 0.25) is 0 Å². The second-order valence-electron chi connectivity index (χ2n) is 6.04. The van der Waals surface area contributed by atoms with Crippen molar-refractivity contribution in [1.29, 1.82) is 0 Å². The molecule has 1 N–H and O–H groups in total. The Bertz CT molecular complexity index is 389. The first-order chi connectivity index (χ1) is 10.2. The molecule has 1 aromatic rings. The fourth-order valence-electron chi connectivity index (χ4n) is 2.75. The van der Waals surface area contributed by atoms with Crippen molar-refractivity contribution in [3.05, 3.63) is 33.8 Å². The number of hydrogen-bond donors (Lipinski definition) is 1. The van der Waals surface area contributed by atoms with Crippen LogP contribution in [0.25, 0.3) is 0 Å². The summed E-state index contributed by atoms with van der Waals surface area (Å²) in [6.45, 7) is 7.79. The quantitative estimate of drug-likeness (QED) is 0.444. The molecule has 0 spiro atoms. The second kappa shape index (κ2) is 11.3. The van der Waals surface area contributed by atoms with Crippen LogP contribution in [0, 0.1) is 6.92 Å². The molecule has 0 aliphatic carbocycles. The molecule has 120 valence electrons. The number of benzene rings is 1. The van der Waals surface area contributed by atoms with Crippen LogP contribution < -0.4 is 5.32 Å². The highest BCUT2D eigenvalue weighted by atomic mass is 79.9. The van der Waals surface area contributed by atoms with Crippen molar-refractivity contribution in [3.8, 4) is 0 Å². The summed E-state index contributed by atoms with van der Waals surface area (Å²) < 4.78 is 1.28. The summed E-state index contributed by atoms with van der Waals surface area (Å²) in [5, 5.41) is 3.73. The van der Waals surface area contributed by atoms with Crippen molar-refractivity contribution in [2.24, 2.45) is 0 Å². The maximum absolute atomic E-state index is 3.78. The average molecular weight is 354 g/mol. The molecular formula is C19H32BrN. The maximum Gasteiger partial charge on any atom is 0.0331 e. The van der Waals surface area contributed by atoms with Crippen LogP contribution >= 0.6 is 15.9 Å². The molecule has 2 heteroatoms. The first kappa shape index (κ1) is 18.7. The van der Waals surface area contributed by atoms with E-state index in [1.807, 2.05) is 0 Å². The summed E-state index contributed by atoms with van der Waals surface area (Å²) in [5.41, 5.74) is 2.76. The predicted octanol–water partition coefficient (Wildman–Crippen LogP) is 6.55. The standard InChI is InChI=1S/C19H32BrN/c1-4-6-7-8-9-10-14-18(21-15-5-2)17-13-11-12-16(3)19(17)20/h11-13,18,21H,4-10,14-15H2,1-3H3. The van der Waals surface area contributed by atoms with Gasteiger partial charge in [0.15, 0.2) is 0 Å². The number of nitrogens with one attached hydrogen (secondary N) is 1. The average Bonchev–Trinajstić information content (AvgIpc) is 2.49. The minimum atomic E-state index is 0.491. The molecule has 1 nitrogen and oxygen atoms in total. The largest absolute Gasteiger partial charge is 0.310 e. The molecule has 0 bridgehead atoms. The van der Waals surface area contributed by atoms with Crippen molar-refractivity contribution < 1.29 is 0 Å². The highest BCUT2D eigenvalue weighted by molar-refractivity contribution is 9.10. The normalized spacial score (nSPS) is 12.6. The van der Waals surface area contributed by atoms with E-state index in [4.69, 9.17) is 0 Å². The minimum absolute atomic E-state index is 0.491. The molecule has 21 heavy (non-hydrogen) atoms. The Hall–Kier alpha value is -0.340. The van der Waals surface area contributed by atoms with Crippen LogP contribution in [0.15, 0.2) is 22.7 Å². The molecular weight excluding hydrogens is 322 g/mol. The van der Waals surface area contributed by atoms with Gasteiger partial charge in [-0.2, -0.15) is 0 Å². The summed E-state index contributed by atoms with van der Waals surface area (Å²) in [6, 6.07) is 7.11. The topological polar surface area (TPSA) is 12.0 Å². The molecule has 0 saturated carbocycles. The zero-order chi connectivity index (χ0) is 15.5. The highest BCUT2D eigenvalue weighted by Crippen LogP contribution is 2.29. The first-order valence-electron chi connectivity index (χ1n) is 8.69. The molecule has 1 aromatic carbocycles. The van der Waals surface area contributed by atoms with Crippen LogP contribution in [0.2, 0.25) is 0 Å². The summed E-state index contributed by atoms with van der Waals surface area (Å²) in [5.74, 6) is 0. The Morgan fingerprint density at radius 1 is 1.00 bits per heavy atom. The van der Waals surface area contributed by atoms with Gasteiger partial charge in [0.05, 0.1) is 0 Å². The van der Waals surface area contributed by atoms with Gasteiger partial charge in [0.1, 0.15) is 0 Å². The highest BCUT2D eigenvalue weighted by Gasteiger charge is 2.14. The zero-order valence-corrected chi connectivity index (χ0v) is 15.6.